The van der Waals surface area contributed by atoms with Gasteiger partial charge in [-0.1, -0.05) is 13.3 Å². The number of sulfonamides is 1. The van der Waals surface area contributed by atoms with E-state index in [-0.39, 0.29) is 10.9 Å². The van der Waals surface area contributed by atoms with Crippen molar-refractivity contribution in [3.63, 3.8) is 0 Å². The van der Waals surface area contributed by atoms with Gasteiger partial charge in [0.15, 0.2) is 0 Å². The van der Waals surface area contributed by atoms with Crippen LogP contribution in [0.1, 0.15) is 32.3 Å². The predicted octanol–water partition coefficient (Wildman–Crippen LogP) is 2.60. The van der Waals surface area contributed by atoms with Crippen molar-refractivity contribution in [3.05, 3.63) is 29.6 Å². The molecule has 0 unspecified atom stereocenters. The van der Waals surface area contributed by atoms with Crippen molar-refractivity contribution in [2.75, 3.05) is 0 Å². The first-order valence-electron chi connectivity index (χ1n) is 5.65. The minimum absolute atomic E-state index is 0.116. The SMILES string of the molecule is CCC[C@H](C)NS(=O)(=O)c1ccc(F)cc1C. The Kier molecular flexibility index (Phi) is 4.65. The summed E-state index contributed by atoms with van der Waals surface area (Å²) in [7, 11) is -3.55. The molecule has 0 saturated carbocycles. The van der Waals surface area contributed by atoms with Gasteiger partial charge in [0.2, 0.25) is 10.0 Å². The second kappa shape index (κ2) is 5.60. The normalized spacial score (nSPS) is 13.6. The van der Waals surface area contributed by atoms with E-state index in [4.69, 9.17) is 0 Å². The van der Waals surface area contributed by atoms with Gasteiger partial charge in [-0.2, -0.15) is 0 Å². The zero-order chi connectivity index (χ0) is 13.1. The molecule has 1 aromatic carbocycles. The van der Waals surface area contributed by atoms with Crippen LogP contribution in [0.15, 0.2) is 23.1 Å². The van der Waals surface area contributed by atoms with Crippen LogP contribution in [0, 0.1) is 12.7 Å². The largest absolute Gasteiger partial charge is 0.241 e. The molecule has 0 saturated heterocycles. The highest BCUT2D eigenvalue weighted by molar-refractivity contribution is 7.89. The van der Waals surface area contributed by atoms with Crippen molar-refractivity contribution in [1.29, 1.82) is 0 Å². The van der Waals surface area contributed by atoms with Crippen LogP contribution in [0.5, 0.6) is 0 Å². The van der Waals surface area contributed by atoms with E-state index < -0.39 is 15.8 Å². The van der Waals surface area contributed by atoms with E-state index in [0.717, 1.165) is 18.9 Å². The van der Waals surface area contributed by atoms with E-state index in [0.29, 0.717) is 5.56 Å². The molecule has 3 nitrogen and oxygen atoms in total. The first-order chi connectivity index (χ1) is 7.86. The predicted molar refractivity (Wildman–Crippen MR) is 65.8 cm³/mol. The average molecular weight is 259 g/mol. The Hall–Kier alpha value is -0.940. The summed E-state index contributed by atoms with van der Waals surface area (Å²) in [6, 6.07) is 3.56. The highest BCUT2D eigenvalue weighted by Crippen LogP contribution is 2.16. The summed E-state index contributed by atoms with van der Waals surface area (Å²) in [5.41, 5.74) is 0.418. The smallest absolute Gasteiger partial charge is 0.208 e. The molecule has 0 fully saturated rings. The quantitative estimate of drug-likeness (QED) is 0.883. The lowest BCUT2D eigenvalue weighted by Gasteiger charge is -2.14. The molecule has 1 N–H and O–H groups in total. The molecule has 0 amide bonds. The summed E-state index contributed by atoms with van der Waals surface area (Å²) in [6.45, 7) is 5.40. The minimum Gasteiger partial charge on any atom is -0.208 e. The number of rotatable bonds is 5. The Morgan fingerprint density at radius 2 is 2.06 bits per heavy atom. The molecule has 96 valence electrons. The van der Waals surface area contributed by atoms with Gasteiger partial charge in [0, 0.05) is 6.04 Å². The minimum atomic E-state index is -3.55. The zero-order valence-corrected chi connectivity index (χ0v) is 11.1. The van der Waals surface area contributed by atoms with Crippen molar-refractivity contribution in [1.82, 2.24) is 4.72 Å². The summed E-state index contributed by atoms with van der Waals surface area (Å²) in [5, 5.41) is 0. The van der Waals surface area contributed by atoms with Crippen LogP contribution in [0.3, 0.4) is 0 Å². The monoisotopic (exact) mass is 259 g/mol. The summed E-state index contributed by atoms with van der Waals surface area (Å²) in [4.78, 5) is 0.141. The topological polar surface area (TPSA) is 46.2 Å². The van der Waals surface area contributed by atoms with E-state index in [9.17, 15) is 12.8 Å². The lowest BCUT2D eigenvalue weighted by Crippen LogP contribution is -2.32. The fourth-order valence-electron chi connectivity index (χ4n) is 1.73. The van der Waals surface area contributed by atoms with Gasteiger partial charge >= 0.3 is 0 Å². The summed E-state index contributed by atoms with van der Waals surface area (Å²) in [6.07, 6.45) is 1.69. The van der Waals surface area contributed by atoms with Gasteiger partial charge in [0.05, 0.1) is 4.90 Å². The Balaban J connectivity index is 2.97. The maximum atomic E-state index is 12.9. The molecule has 5 heteroatoms. The summed E-state index contributed by atoms with van der Waals surface area (Å²) >= 11 is 0. The van der Waals surface area contributed by atoms with E-state index in [1.165, 1.54) is 12.1 Å². The molecule has 0 heterocycles. The Morgan fingerprint density at radius 1 is 1.41 bits per heavy atom. The third kappa shape index (κ3) is 3.78. The van der Waals surface area contributed by atoms with Gasteiger partial charge in [0.1, 0.15) is 5.82 Å². The standard InChI is InChI=1S/C12H18FNO2S/c1-4-5-10(3)14-17(15,16)12-7-6-11(13)8-9(12)2/h6-8,10,14H,4-5H2,1-3H3/t10-/m0/s1. The molecule has 17 heavy (non-hydrogen) atoms. The van der Waals surface area contributed by atoms with Gasteiger partial charge in [-0.05, 0) is 44.0 Å². The second-order valence-corrected chi connectivity index (χ2v) is 5.90. The zero-order valence-electron chi connectivity index (χ0n) is 10.3. The van der Waals surface area contributed by atoms with Crippen LogP contribution in [0.2, 0.25) is 0 Å². The van der Waals surface area contributed by atoms with Crippen LogP contribution in [-0.4, -0.2) is 14.5 Å². The van der Waals surface area contributed by atoms with Gasteiger partial charge < -0.3 is 0 Å². The average Bonchev–Trinajstić information content (AvgIpc) is 2.15. The molecular weight excluding hydrogens is 241 g/mol. The number of nitrogens with one attached hydrogen (secondary N) is 1. The lowest BCUT2D eigenvalue weighted by atomic mass is 10.2. The fourth-order valence-corrected chi connectivity index (χ4v) is 3.24. The van der Waals surface area contributed by atoms with Gasteiger partial charge in [-0.25, -0.2) is 17.5 Å². The number of hydrogen-bond donors (Lipinski definition) is 1. The van der Waals surface area contributed by atoms with E-state index in [1.807, 2.05) is 13.8 Å². The fraction of sp³-hybridized carbons (Fsp3) is 0.500. The van der Waals surface area contributed by atoms with Crippen molar-refractivity contribution < 1.29 is 12.8 Å². The van der Waals surface area contributed by atoms with Crippen molar-refractivity contribution in [2.45, 2.75) is 44.6 Å². The first-order valence-corrected chi connectivity index (χ1v) is 7.13. The van der Waals surface area contributed by atoms with Crippen LogP contribution in [-0.2, 0) is 10.0 Å². The van der Waals surface area contributed by atoms with Crippen LogP contribution in [0.4, 0.5) is 4.39 Å². The molecule has 0 aliphatic rings. The molecule has 1 rings (SSSR count). The van der Waals surface area contributed by atoms with Crippen LogP contribution >= 0.6 is 0 Å². The van der Waals surface area contributed by atoms with E-state index >= 15 is 0 Å². The van der Waals surface area contributed by atoms with E-state index in [1.54, 1.807) is 6.92 Å². The second-order valence-electron chi connectivity index (χ2n) is 4.22. The molecule has 0 aliphatic heterocycles. The Morgan fingerprint density at radius 3 is 2.59 bits per heavy atom. The van der Waals surface area contributed by atoms with Gasteiger partial charge in [-0.15, -0.1) is 0 Å². The van der Waals surface area contributed by atoms with E-state index in [2.05, 4.69) is 4.72 Å². The van der Waals surface area contributed by atoms with Crippen molar-refractivity contribution >= 4 is 10.0 Å². The Bertz CT molecular complexity index is 485. The number of benzene rings is 1. The first kappa shape index (κ1) is 14.1. The third-order valence-electron chi connectivity index (χ3n) is 2.50. The maximum Gasteiger partial charge on any atom is 0.241 e. The third-order valence-corrected chi connectivity index (χ3v) is 4.25. The van der Waals surface area contributed by atoms with Crippen LogP contribution < -0.4 is 4.72 Å². The van der Waals surface area contributed by atoms with Gasteiger partial charge in [0.25, 0.3) is 0 Å². The molecule has 1 atom stereocenters. The van der Waals surface area contributed by atoms with Gasteiger partial charge in [-0.3, -0.25) is 0 Å². The van der Waals surface area contributed by atoms with Crippen LogP contribution in [0.25, 0.3) is 0 Å². The molecule has 1 aromatic rings. The Labute approximate surface area is 102 Å². The molecular formula is C12H18FNO2S. The number of halogens is 1. The molecule has 0 bridgehead atoms. The number of aryl methyl sites for hydroxylation is 1. The summed E-state index contributed by atoms with van der Waals surface area (Å²) in [5.74, 6) is -0.428. The summed E-state index contributed by atoms with van der Waals surface area (Å²) < 4.78 is 39.5. The highest BCUT2D eigenvalue weighted by atomic mass is 32.2. The number of hydrogen-bond acceptors (Lipinski definition) is 2. The maximum absolute atomic E-state index is 12.9. The molecule has 0 spiro atoms. The molecule has 0 radical (unpaired) electrons. The highest BCUT2D eigenvalue weighted by Gasteiger charge is 2.19. The molecule has 0 aromatic heterocycles. The van der Waals surface area contributed by atoms with Crippen molar-refractivity contribution in [3.8, 4) is 0 Å². The van der Waals surface area contributed by atoms with Crippen molar-refractivity contribution in [2.24, 2.45) is 0 Å². The lowest BCUT2D eigenvalue weighted by molar-refractivity contribution is 0.543. The molecule has 0 aliphatic carbocycles.